The van der Waals surface area contributed by atoms with Crippen LogP contribution in [-0.2, 0) is 0 Å². The number of aromatic nitrogens is 2. The number of nitrogens with one attached hydrogen (secondary N) is 1. The Morgan fingerprint density at radius 1 is 1.25 bits per heavy atom. The highest BCUT2D eigenvalue weighted by Gasteiger charge is 2.20. The molecule has 1 aliphatic rings. The van der Waals surface area contributed by atoms with Gasteiger partial charge in [-0.15, -0.1) is 10.2 Å². The van der Waals surface area contributed by atoms with Gasteiger partial charge in [-0.25, -0.2) is 0 Å². The predicted molar refractivity (Wildman–Crippen MR) is 78.3 cm³/mol. The average molecular weight is 272 g/mol. The van der Waals surface area contributed by atoms with E-state index >= 15 is 0 Å². The number of benzene rings is 1. The molecule has 0 radical (unpaired) electrons. The fraction of sp³-hybridized carbons (Fsp3) is 0.467. The van der Waals surface area contributed by atoms with Crippen molar-refractivity contribution in [2.75, 3.05) is 5.32 Å². The smallest absolute Gasteiger partial charge is 0.249 e. The van der Waals surface area contributed by atoms with Crippen LogP contribution in [0.5, 0.6) is 0 Å². The molecule has 1 heterocycles. The van der Waals surface area contributed by atoms with E-state index in [1.54, 1.807) is 6.92 Å². The summed E-state index contributed by atoms with van der Waals surface area (Å²) in [4.78, 5) is 0. The van der Waals surface area contributed by atoms with Gasteiger partial charge >= 0.3 is 0 Å². The Bertz CT molecular complexity index is 581. The number of anilines is 1. The Labute approximate surface area is 118 Å². The lowest BCUT2D eigenvalue weighted by Gasteiger charge is -2.28. The first-order valence-corrected chi connectivity index (χ1v) is 7.14. The molecule has 3 rings (SSSR count). The lowest BCUT2D eigenvalue weighted by Crippen LogP contribution is -2.34. The van der Waals surface area contributed by atoms with Gasteiger partial charge in [-0.2, -0.15) is 0 Å². The molecule has 3 N–H and O–H groups in total. The molecule has 2 unspecified atom stereocenters. The van der Waals surface area contributed by atoms with Crippen LogP contribution in [0.1, 0.15) is 31.6 Å². The molecule has 1 aliphatic carbocycles. The summed E-state index contributed by atoms with van der Waals surface area (Å²) in [6.45, 7) is 1.80. The third kappa shape index (κ3) is 2.82. The molecule has 0 bridgehead atoms. The van der Waals surface area contributed by atoms with E-state index in [2.05, 4.69) is 21.6 Å². The van der Waals surface area contributed by atoms with Gasteiger partial charge < -0.3 is 15.5 Å². The molecule has 2 atom stereocenters. The SMILES string of the molecule is Cc1nnc(-c2ccccc2NC2CCCC(N)C2)o1. The number of hydrogen-bond donors (Lipinski definition) is 2. The minimum atomic E-state index is 0.305. The second-order valence-electron chi connectivity index (χ2n) is 5.44. The van der Waals surface area contributed by atoms with Crippen molar-refractivity contribution in [3.05, 3.63) is 30.2 Å². The van der Waals surface area contributed by atoms with E-state index in [1.807, 2.05) is 18.2 Å². The summed E-state index contributed by atoms with van der Waals surface area (Å²) >= 11 is 0. The van der Waals surface area contributed by atoms with Crippen molar-refractivity contribution in [3.63, 3.8) is 0 Å². The van der Waals surface area contributed by atoms with Gasteiger partial charge in [0, 0.05) is 24.7 Å². The summed E-state index contributed by atoms with van der Waals surface area (Å²) in [5, 5.41) is 11.6. The second-order valence-corrected chi connectivity index (χ2v) is 5.44. The van der Waals surface area contributed by atoms with Crippen LogP contribution in [0.4, 0.5) is 5.69 Å². The molecular formula is C15H20N4O. The summed E-state index contributed by atoms with van der Waals surface area (Å²) < 4.78 is 5.53. The number of nitrogens with two attached hydrogens (primary N) is 1. The normalized spacial score (nSPS) is 22.7. The molecule has 1 fully saturated rings. The quantitative estimate of drug-likeness (QED) is 0.898. The van der Waals surface area contributed by atoms with Crippen LogP contribution >= 0.6 is 0 Å². The van der Waals surface area contributed by atoms with Gasteiger partial charge in [0.05, 0.1) is 5.56 Å². The lowest BCUT2D eigenvalue weighted by atomic mass is 9.91. The molecular weight excluding hydrogens is 252 g/mol. The first kappa shape index (κ1) is 13.1. The molecule has 1 saturated carbocycles. The second kappa shape index (κ2) is 5.63. The third-order valence-electron chi connectivity index (χ3n) is 3.76. The largest absolute Gasteiger partial charge is 0.421 e. The lowest BCUT2D eigenvalue weighted by molar-refractivity contribution is 0.409. The van der Waals surface area contributed by atoms with E-state index < -0.39 is 0 Å². The van der Waals surface area contributed by atoms with Crippen LogP contribution in [0.15, 0.2) is 28.7 Å². The van der Waals surface area contributed by atoms with Gasteiger partial charge in [0.15, 0.2) is 0 Å². The van der Waals surface area contributed by atoms with E-state index in [0.717, 1.165) is 30.5 Å². The zero-order valence-corrected chi connectivity index (χ0v) is 11.7. The maximum absolute atomic E-state index is 6.05. The van der Waals surface area contributed by atoms with Crippen LogP contribution in [0.3, 0.4) is 0 Å². The third-order valence-corrected chi connectivity index (χ3v) is 3.76. The molecule has 0 aliphatic heterocycles. The Kier molecular flexibility index (Phi) is 3.69. The first-order valence-electron chi connectivity index (χ1n) is 7.14. The van der Waals surface area contributed by atoms with Crippen LogP contribution in [0.2, 0.25) is 0 Å². The molecule has 20 heavy (non-hydrogen) atoms. The van der Waals surface area contributed by atoms with E-state index in [4.69, 9.17) is 10.2 Å². The highest BCUT2D eigenvalue weighted by molar-refractivity contribution is 5.72. The highest BCUT2D eigenvalue weighted by atomic mass is 16.4. The van der Waals surface area contributed by atoms with Gasteiger partial charge in [-0.1, -0.05) is 12.1 Å². The van der Waals surface area contributed by atoms with E-state index in [1.165, 1.54) is 6.42 Å². The topological polar surface area (TPSA) is 77.0 Å². The molecule has 5 heteroatoms. The molecule has 0 saturated heterocycles. The predicted octanol–water partition coefficient (Wildman–Crippen LogP) is 2.73. The van der Waals surface area contributed by atoms with Crippen molar-refractivity contribution in [2.45, 2.75) is 44.7 Å². The van der Waals surface area contributed by atoms with Gasteiger partial charge in [0.25, 0.3) is 0 Å². The number of nitrogens with zero attached hydrogens (tertiary/aromatic N) is 2. The summed E-state index contributed by atoms with van der Waals surface area (Å²) in [5.74, 6) is 1.14. The fourth-order valence-corrected chi connectivity index (χ4v) is 2.78. The van der Waals surface area contributed by atoms with Crippen molar-refractivity contribution < 1.29 is 4.42 Å². The number of aryl methyl sites for hydroxylation is 1. The van der Waals surface area contributed by atoms with E-state index in [-0.39, 0.29) is 0 Å². The Balaban J connectivity index is 1.83. The fourth-order valence-electron chi connectivity index (χ4n) is 2.78. The van der Waals surface area contributed by atoms with Crippen molar-refractivity contribution in [1.82, 2.24) is 10.2 Å². The minimum absolute atomic E-state index is 0.305. The Morgan fingerprint density at radius 3 is 2.85 bits per heavy atom. The standard InChI is InChI=1S/C15H20N4O/c1-10-18-19-15(20-10)13-7-2-3-8-14(13)17-12-6-4-5-11(16)9-12/h2-3,7-8,11-12,17H,4-6,9,16H2,1H3. The Morgan fingerprint density at radius 2 is 2.10 bits per heavy atom. The maximum atomic E-state index is 6.05. The summed E-state index contributed by atoms with van der Waals surface area (Å²) in [5.41, 5.74) is 8.04. The van der Waals surface area contributed by atoms with Crippen LogP contribution in [-0.4, -0.2) is 22.3 Å². The molecule has 0 amide bonds. The average Bonchev–Trinajstić information content (AvgIpc) is 2.86. The molecule has 106 valence electrons. The van der Waals surface area contributed by atoms with Crippen LogP contribution in [0.25, 0.3) is 11.5 Å². The van der Waals surface area contributed by atoms with Crippen LogP contribution in [0, 0.1) is 6.92 Å². The number of rotatable bonds is 3. The zero-order chi connectivity index (χ0) is 13.9. The zero-order valence-electron chi connectivity index (χ0n) is 11.7. The van der Waals surface area contributed by atoms with Gasteiger partial charge in [0.1, 0.15) is 0 Å². The van der Waals surface area contributed by atoms with Gasteiger partial charge in [-0.3, -0.25) is 0 Å². The first-order chi connectivity index (χ1) is 9.72. The molecule has 2 aromatic rings. The minimum Gasteiger partial charge on any atom is -0.421 e. The summed E-state index contributed by atoms with van der Waals surface area (Å²) in [6, 6.07) is 8.76. The monoisotopic (exact) mass is 272 g/mol. The van der Waals surface area contributed by atoms with Crippen LogP contribution < -0.4 is 11.1 Å². The number of hydrogen-bond acceptors (Lipinski definition) is 5. The molecule has 1 aromatic heterocycles. The summed E-state index contributed by atoms with van der Waals surface area (Å²) in [7, 11) is 0. The van der Waals surface area contributed by atoms with Crippen molar-refractivity contribution >= 4 is 5.69 Å². The van der Waals surface area contributed by atoms with E-state index in [0.29, 0.717) is 23.9 Å². The van der Waals surface area contributed by atoms with Gasteiger partial charge in [0.2, 0.25) is 11.8 Å². The Hall–Kier alpha value is -1.88. The molecule has 1 aromatic carbocycles. The summed E-state index contributed by atoms with van der Waals surface area (Å²) in [6.07, 6.45) is 4.48. The van der Waals surface area contributed by atoms with Gasteiger partial charge in [-0.05, 0) is 37.8 Å². The van der Waals surface area contributed by atoms with Crippen molar-refractivity contribution in [2.24, 2.45) is 5.73 Å². The van der Waals surface area contributed by atoms with Crippen molar-refractivity contribution in [1.29, 1.82) is 0 Å². The molecule has 0 spiro atoms. The highest BCUT2D eigenvalue weighted by Crippen LogP contribution is 2.29. The molecule has 5 nitrogen and oxygen atoms in total. The maximum Gasteiger partial charge on any atom is 0.249 e. The van der Waals surface area contributed by atoms with Crippen molar-refractivity contribution in [3.8, 4) is 11.5 Å². The van der Waals surface area contributed by atoms with E-state index in [9.17, 15) is 0 Å². The number of para-hydroxylation sites is 1.